The average molecular weight is 403 g/mol. The lowest BCUT2D eigenvalue weighted by Gasteiger charge is -2.10. The third kappa shape index (κ3) is 3.68. The van der Waals surface area contributed by atoms with Crippen molar-refractivity contribution < 1.29 is 18.7 Å². The van der Waals surface area contributed by atoms with Gasteiger partial charge in [-0.05, 0) is 55.0 Å². The molecule has 0 aliphatic heterocycles. The lowest BCUT2D eigenvalue weighted by molar-refractivity contribution is 0.0599. The summed E-state index contributed by atoms with van der Waals surface area (Å²) in [6.07, 6.45) is 0. The molecule has 28 heavy (non-hydrogen) atoms. The number of nitrogens with one attached hydrogen (secondary N) is 1. The van der Waals surface area contributed by atoms with Gasteiger partial charge >= 0.3 is 5.97 Å². The van der Waals surface area contributed by atoms with Gasteiger partial charge in [0.2, 0.25) is 5.16 Å². The maximum absolute atomic E-state index is 13.5. The highest BCUT2D eigenvalue weighted by atomic mass is 32.2. The van der Waals surface area contributed by atoms with E-state index in [1.807, 2.05) is 0 Å². The zero-order valence-electron chi connectivity index (χ0n) is 15.7. The van der Waals surface area contributed by atoms with Crippen LogP contribution in [0, 0.1) is 19.7 Å². The molecule has 146 valence electrons. The number of H-pyrrole nitrogens is 1. The molecule has 0 amide bonds. The van der Waals surface area contributed by atoms with Crippen molar-refractivity contribution in [2.24, 2.45) is 0 Å². The number of halogens is 1. The zero-order valence-corrected chi connectivity index (χ0v) is 16.5. The van der Waals surface area contributed by atoms with Gasteiger partial charge in [0.25, 0.3) is 0 Å². The average Bonchev–Trinajstić information content (AvgIpc) is 3.24. The number of tetrazole rings is 1. The molecule has 2 aromatic heterocycles. The van der Waals surface area contributed by atoms with Gasteiger partial charge in [0, 0.05) is 5.69 Å². The number of hydrogen-bond donors (Lipinski definition) is 1. The van der Waals surface area contributed by atoms with E-state index < -0.39 is 17.0 Å². The molecule has 0 aliphatic rings. The number of benzene rings is 1. The van der Waals surface area contributed by atoms with E-state index in [4.69, 9.17) is 4.74 Å². The smallest absolute Gasteiger partial charge is 0.339 e. The molecule has 0 spiro atoms. The van der Waals surface area contributed by atoms with Gasteiger partial charge in [-0.25, -0.2) is 9.18 Å². The van der Waals surface area contributed by atoms with Crippen molar-refractivity contribution in [3.05, 3.63) is 52.6 Å². The minimum absolute atomic E-state index is 0.213. The molecular formula is C18H18FN5O3S. The maximum atomic E-state index is 13.5. The number of hydrogen-bond acceptors (Lipinski definition) is 7. The summed E-state index contributed by atoms with van der Waals surface area (Å²) < 4.78 is 19.6. The molecule has 1 N–H and O–H groups in total. The fourth-order valence-corrected chi connectivity index (χ4v) is 3.71. The Kier molecular flexibility index (Phi) is 5.59. The Morgan fingerprint density at radius 3 is 2.75 bits per heavy atom. The van der Waals surface area contributed by atoms with E-state index in [0.29, 0.717) is 33.4 Å². The number of rotatable bonds is 6. The first-order valence-corrected chi connectivity index (χ1v) is 9.24. The first-order valence-electron chi connectivity index (χ1n) is 8.36. The van der Waals surface area contributed by atoms with Crippen LogP contribution >= 0.6 is 11.8 Å². The number of Topliss-reactive ketones (excluding diaryl/α,β-unsaturated/α-hetero) is 1. The molecule has 10 heteroatoms. The molecule has 8 nitrogen and oxygen atoms in total. The van der Waals surface area contributed by atoms with Crippen LogP contribution in [0.2, 0.25) is 0 Å². The van der Waals surface area contributed by atoms with Crippen LogP contribution in [0.15, 0.2) is 29.4 Å². The van der Waals surface area contributed by atoms with Gasteiger partial charge in [-0.15, -0.1) is 5.10 Å². The minimum atomic E-state index is -0.555. The summed E-state index contributed by atoms with van der Waals surface area (Å²) in [6.45, 7) is 5.11. The van der Waals surface area contributed by atoms with Crippen LogP contribution in [0.3, 0.4) is 0 Å². The van der Waals surface area contributed by atoms with Crippen LogP contribution in [0.5, 0.6) is 0 Å². The predicted octanol–water partition coefficient (Wildman–Crippen LogP) is 2.90. The second kappa shape index (κ2) is 7.93. The normalized spacial score (nSPS) is 12.0. The number of ether oxygens (including phenoxy) is 1. The van der Waals surface area contributed by atoms with Gasteiger partial charge in [-0.2, -0.15) is 4.68 Å². The number of nitrogens with zero attached hydrogens (tertiary/aromatic N) is 4. The van der Waals surface area contributed by atoms with Gasteiger partial charge < -0.3 is 9.72 Å². The van der Waals surface area contributed by atoms with Crippen molar-refractivity contribution in [1.82, 2.24) is 25.2 Å². The predicted molar refractivity (Wildman–Crippen MR) is 100 cm³/mol. The largest absolute Gasteiger partial charge is 0.465 e. The van der Waals surface area contributed by atoms with Crippen LogP contribution in [0.4, 0.5) is 4.39 Å². The van der Waals surface area contributed by atoms with E-state index >= 15 is 0 Å². The van der Waals surface area contributed by atoms with Gasteiger partial charge in [0.15, 0.2) is 5.78 Å². The van der Waals surface area contributed by atoms with Crippen LogP contribution < -0.4 is 0 Å². The van der Waals surface area contributed by atoms with Crippen LogP contribution in [0.25, 0.3) is 5.69 Å². The monoisotopic (exact) mass is 403 g/mol. The molecule has 3 rings (SSSR count). The third-order valence-electron chi connectivity index (χ3n) is 4.22. The minimum Gasteiger partial charge on any atom is -0.465 e. The second-order valence-electron chi connectivity index (χ2n) is 6.09. The van der Waals surface area contributed by atoms with Crippen LogP contribution in [-0.2, 0) is 4.74 Å². The topological polar surface area (TPSA) is 103 Å². The molecular weight excluding hydrogens is 385 g/mol. The first kappa shape index (κ1) is 19.7. The Labute approximate surface area is 164 Å². The molecule has 0 fully saturated rings. The second-order valence-corrected chi connectivity index (χ2v) is 7.40. The van der Waals surface area contributed by atoms with E-state index in [-0.39, 0.29) is 5.78 Å². The highest BCUT2D eigenvalue weighted by Crippen LogP contribution is 2.28. The lowest BCUT2D eigenvalue weighted by Crippen LogP contribution is -2.16. The molecule has 1 atom stereocenters. The molecule has 2 heterocycles. The third-order valence-corrected chi connectivity index (χ3v) is 5.25. The van der Waals surface area contributed by atoms with E-state index in [0.717, 1.165) is 11.8 Å². The maximum Gasteiger partial charge on any atom is 0.339 e. The summed E-state index contributed by atoms with van der Waals surface area (Å²) in [6, 6.07) is 5.84. The van der Waals surface area contributed by atoms with Crippen molar-refractivity contribution in [1.29, 1.82) is 0 Å². The number of aryl methyl sites for hydroxylation is 1. The van der Waals surface area contributed by atoms with E-state index in [2.05, 4.69) is 20.5 Å². The molecule has 1 aromatic carbocycles. The molecule has 0 saturated heterocycles. The highest BCUT2D eigenvalue weighted by Gasteiger charge is 2.27. The lowest BCUT2D eigenvalue weighted by atomic mass is 10.1. The van der Waals surface area contributed by atoms with Crippen molar-refractivity contribution >= 4 is 23.5 Å². The molecule has 0 saturated carbocycles. The quantitative estimate of drug-likeness (QED) is 0.383. The number of aromatic nitrogens is 5. The molecule has 0 radical (unpaired) electrons. The first-order chi connectivity index (χ1) is 13.3. The van der Waals surface area contributed by atoms with Gasteiger partial charge in [-0.1, -0.05) is 17.8 Å². The number of carbonyl (C=O) groups is 2. The number of thioether (sulfide) groups is 1. The van der Waals surface area contributed by atoms with Gasteiger partial charge in [-0.3, -0.25) is 4.79 Å². The SMILES string of the molecule is COC(=O)c1c(C)[nH]c(C(=O)[C@@H](C)Sc2nnnn2-c2cccc(F)c2)c1C. The number of ketones is 1. The summed E-state index contributed by atoms with van der Waals surface area (Å²) >= 11 is 1.14. The Morgan fingerprint density at radius 1 is 1.32 bits per heavy atom. The molecule has 3 aromatic rings. The fraction of sp³-hybridized carbons (Fsp3) is 0.278. The fourth-order valence-electron chi connectivity index (χ4n) is 2.84. The summed E-state index contributed by atoms with van der Waals surface area (Å²) in [5.74, 6) is -1.13. The Balaban J connectivity index is 1.85. The van der Waals surface area contributed by atoms with Crippen molar-refractivity contribution in [3.63, 3.8) is 0 Å². The summed E-state index contributed by atoms with van der Waals surface area (Å²) in [5.41, 5.74) is 2.24. The van der Waals surface area contributed by atoms with Gasteiger partial charge in [0.05, 0.1) is 29.3 Å². The number of esters is 1. The van der Waals surface area contributed by atoms with Crippen LogP contribution in [0.1, 0.15) is 39.0 Å². The molecule has 0 bridgehead atoms. The number of aromatic amines is 1. The zero-order chi connectivity index (χ0) is 20.4. The molecule has 0 aliphatic carbocycles. The standard InChI is InChI=1S/C18H18FN5O3S/c1-9-14(17(26)27-4)10(2)20-15(9)16(25)11(3)28-18-21-22-23-24(18)13-7-5-6-12(19)8-13/h5-8,11,20H,1-4H3/t11-/m1/s1. The summed E-state index contributed by atoms with van der Waals surface area (Å²) in [7, 11) is 1.29. The Bertz CT molecular complexity index is 1050. The van der Waals surface area contributed by atoms with Crippen LogP contribution in [-0.4, -0.2) is 49.3 Å². The Hall–Kier alpha value is -3.01. The van der Waals surface area contributed by atoms with Gasteiger partial charge in [0.1, 0.15) is 5.82 Å². The van der Waals surface area contributed by atoms with E-state index in [1.165, 1.54) is 23.9 Å². The van der Waals surface area contributed by atoms with Crippen molar-refractivity contribution in [2.45, 2.75) is 31.2 Å². The van der Waals surface area contributed by atoms with E-state index in [1.54, 1.807) is 32.9 Å². The number of methoxy groups -OCH3 is 1. The molecule has 0 unspecified atom stereocenters. The van der Waals surface area contributed by atoms with Crippen molar-refractivity contribution in [2.75, 3.05) is 7.11 Å². The van der Waals surface area contributed by atoms with Crippen molar-refractivity contribution in [3.8, 4) is 5.69 Å². The Morgan fingerprint density at radius 2 is 2.07 bits per heavy atom. The highest BCUT2D eigenvalue weighted by molar-refractivity contribution is 8.00. The summed E-state index contributed by atoms with van der Waals surface area (Å²) in [4.78, 5) is 27.8. The summed E-state index contributed by atoms with van der Waals surface area (Å²) in [5, 5.41) is 11.2. The number of carbonyl (C=O) groups excluding carboxylic acids is 2. The van der Waals surface area contributed by atoms with E-state index in [9.17, 15) is 14.0 Å².